The van der Waals surface area contributed by atoms with E-state index in [9.17, 15) is 4.79 Å². The normalized spacial score (nSPS) is 18.4. The van der Waals surface area contributed by atoms with Gasteiger partial charge in [-0.2, -0.15) is 0 Å². The molecule has 1 amide bonds. The van der Waals surface area contributed by atoms with E-state index in [0.717, 1.165) is 26.2 Å². The number of hydrogen-bond donors (Lipinski definition) is 1. The Bertz CT molecular complexity index is 811. The van der Waals surface area contributed by atoms with Gasteiger partial charge in [-0.1, -0.05) is 0 Å². The molecule has 0 spiro atoms. The molecule has 0 radical (unpaired) electrons. The molecule has 7 heteroatoms. The number of nitrogens with one attached hydrogen (secondary N) is 1. The molecule has 1 atom stereocenters. The van der Waals surface area contributed by atoms with E-state index in [4.69, 9.17) is 9.47 Å². The van der Waals surface area contributed by atoms with Crippen molar-refractivity contribution in [2.75, 3.05) is 46.6 Å². The summed E-state index contributed by atoms with van der Waals surface area (Å²) < 4.78 is 12.8. The molecule has 1 saturated heterocycles. The molecule has 3 heterocycles. The summed E-state index contributed by atoms with van der Waals surface area (Å²) in [7, 11) is 4.20. The van der Waals surface area contributed by atoms with Crippen LogP contribution in [0.4, 0.5) is 0 Å². The van der Waals surface area contributed by atoms with Crippen LogP contribution in [-0.2, 0) is 7.05 Å². The van der Waals surface area contributed by atoms with Crippen LogP contribution in [0, 0.1) is 0 Å². The van der Waals surface area contributed by atoms with Crippen LogP contribution < -0.4 is 14.8 Å². The number of likely N-dealkylation sites (N-methyl/N-ethyl adjacent to an activating group) is 1. The first-order valence-corrected chi connectivity index (χ1v) is 9.33. The number of carbonyl (C=O) groups is 1. The number of aromatic nitrogens is 1. The molecule has 2 aromatic rings. The number of rotatable bonds is 5. The van der Waals surface area contributed by atoms with Crippen molar-refractivity contribution in [3.63, 3.8) is 0 Å². The second-order valence-electron chi connectivity index (χ2n) is 7.18. The lowest BCUT2D eigenvalue weighted by molar-refractivity contribution is 0.0877. The molecular formula is C20H26N4O3. The Morgan fingerprint density at radius 2 is 1.89 bits per heavy atom. The summed E-state index contributed by atoms with van der Waals surface area (Å²) >= 11 is 0. The summed E-state index contributed by atoms with van der Waals surface area (Å²) in [6, 6.07) is 9.64. The van der Waals surface area contributed by atoms with Gasteiger partial charge in [-0.3, -0.25) is 9.69 Å². The van der Waals surface area contributed by atoms with Gasteiger partial charge in [0, 0.05) is 57.2 Å². The fourth-order valence-electron chi connectivity index (χ4n) is 3.70. The maximum Gasteiger partial charge on any atom is 0.251 e. The van der Waals surface area contributed by atoms with Crippen molar-refractivity contribution >= 4 is 5.91 Å². The molecule has 1 aromatic heterocycles. The highest BCUT2D eigenvalue weighted by Gasteiger charge is 2.26. The largest absolute Gasteiger partial charge is 0.454 e. The number of hydrogen-bond acceptors (Lipinski definition) is 5. The highest BCUT2D eigenvalue weighted by molar-refractivity contribution is 5.94. The number of fused-ring (bicyclic) bond motifs is 1. The van der Waals surface area contributed by atoms with Gasteiger partial charge in [0.2, 0.25) is 6.79 Å². The minimum atomic E-state index is -0.0957. The summed E-state index contributed by atoms with van der Waals surface area (Å²) in [6.07, 6.45) is 2.05. The van der Waals surface area contributed by atoms with Gasteiger partial charge in [0.25, 0.3) is 5.91 Å². The van der Waals surface area contributed by atoms with Gasteiger partial charge in [-0.05, 0) is 37.4 Å². The molecule has 27 heavy (non-hydrogen) atoms. The van der Waals surface area contributed by atoms with Gasteiger partial charge in [0.1, 0.15) is 0 Å². The monoisotopic (exact) mass is 370 g/mol. The first kappa shape index (κ1) is 17.9. The van der Waals surface area contributed by atoms with E-state index < -0.39 is 0 Å². The Kier molecular flexibility index (Phi) is 5.05. The molecule has 0 aliphatic carbocycles. The van der Waals surface area contributed by atoms with Crippen molar-refractivity contribution in [1.82, 2.24) is 19.7 Å². The molecular weight excluding hydrogens is 344 g/mol. The quantitative estimate of drug-likeness (QED) is 0.864. The van der Waals surface area contributed by atoms with Crippen molar-refractivity contribution in [3.05, 3.63) is 47.8 Å². The summed E-state index contributed by atoms with van der Waals surface area (Å²) in [5, 5.41) is 3.11. The summed E-state index contributed by atoms with van der Waals surface area (Å²) in [6.45, 7) is 4.83. The second-order valence-corrected chi connectivity index (χ2v) is 7.18. The van der Waals surface area contributed by atoms with Gasteiger partial charge in [0.05, 0.1) is 6.04 Å². The highest BCUT2D eigenvalue weighted by atomic mass is 16.7. The molecule has 1 fully saturated rings. The zero-order valence-corrected chi connectivity index (χ0v) is 15.9. The lowest BCUT2D eigenvalue weighted by Crippen LogP contribution is -2.48. The van der Waals surface area contributed by atoms with Crippen molar-refractivity contribution in [2.24, 2.45) is 7.05 Å². The predicted molar refractivity (Wildman–Crippen MR) is 102 cm³/mol. The molecule has 0 saturated carbocycles. The van der Waals surface area contributed by atoms with Crippen LogP contribution >= 0.6 is 0 Å². The molecule has 0 unspecified atom stereocenters. The van der Waals surface area contributed by atoms with Gasteiger partial charge in [-0.15, -0.1) is 0 Å². The summed E-state index contributed by atoms with van der Waals surface area (Å²) in [5.74, 6) is 1.22. The Balaban J connectivity index is 1.47. The predicted octanol–water partition coefficient (Wildman–Crippen LogP) is 1.47. The van der Waals surface area contributed by atoms with Crippen LogP contribution in [-0.4, -0.2) is 66.8 Å². The third kappa shape index (κ3) is 3.79. The smallest absolute Gasteiger partial charge is 0.251 e. The Hall–Kier alpha value is -2.51. The SMILES string of the molecule is CN1CCN([C@H](CNC(=O)c2ccc3c(c2)OCO3)c2cccn2C)CC1. The zero-order chi connectivity index (χ0) is 18.8. The van der Waals surface area contributed by atoms with E-state index in [0.29, 0.717) is 23.6 Å². The lowest BCUT2D eigenvalue weighted by Gasteiger charge is -2.38. The van der Waals surface area contributed by atoms with E-state index in [1.54, 1.807) is 18.2 Å². The third-order valence-electron chi connectivity index (χ3n) is 5.39. The molecule has 2 aliphatic rings. The van der Waals surface area contributed by atoms with Gasteiger partial charge < -0.3 is 24.3 Å². The third-order valence-corrected chi connectivity index (χ3v) is 5.39. The maximum atomic E-state index is 12.7. The Morgan fingerprint density at radius 1 is 1.11 bits per heavy atom. The van der Waals surface area contributed by atoms with Crippen LogP contribution in [0.15, 0.2) is 36.5 Å². The summed E-state index contributed by atoms with van der Waals surface area (Å²) in [5.41, 5.74) is 1.80. The molecule has 144 valence electrons. The maximum absolute atomic E-state index is 12.7. The van der Waals surface area contributed by atoms with E-state index in [1.165, 1.54) is 5.69 Å². The van der Waals surface area contributed by atoms with Gasteiger partial charge >= 0.3 is 0 Å². The minimum Gasteiger partial charge on any atom is -0.454 e. The molecule has 1 aromatic carbocycles. The van der Waals surface area contributed by atoms with E-state index >= 15 is 0 Å². The van der Waals surface area contributed by atoms with Crippen LogP contribution in [0.2, 0.25) is 0 Å². The lowest BCUT2D eigenvalue weighted by atomic mass is 10.1. The standard InChI is InChI=1S/C20H26N4O3/c1-22-8-10-24(11-9-22)17(16-4-3-7-23(16)2)13-21-20(25)15-5-6-18-19(12-15)27-14-26-18/h3-7,12,17H,8-11,13-14H2,1-2H3,(H,21,25)/t17-/m1/s1. The van der Waals surface area contributed by atoms with Crippen molar-refractivity contribution in [2.45, 2.75) is 6.04 Å². The highest BCUT2D eigenvalue weighted by Crippen LogP contribution is 2.32. The molecule has 4 rings (SSSR count). The van der Waals surface area contributed by atoms with Gasteiger partial charge in [0.15, 0.2) is 11.5 Å². The van der Waals surface area contributed by atoms with Crippen molar-refractivity contribution in [1.29, 1.82) is 0 Å². The van der Waals surface area contributed by atoms with Crippen LogP contribution in [0.1, 0.15) is 22.1 Å². The molecule has 1 N–H and O–H groups in total. The Labute approximate surface area is 159 Å². The first-order chi connectivity index (χ1) is 13.1. The van der Waals surface area contributed by atoms with Gasteiger partial charge in [-0.25, -0.2) is 0 Å². The number of carbonyl (C=O) groups excluding carboxylic acids is 1. The van der Waals surface area contributed by atoms with Crippen molar-refractivity contribution in [3.8, 4) is 11.5 Å². The fraction of sp³-hybridized carbons (Fsp3) is 0.450. The van der Waals surface area contributed by atoms with Crippen LogP contribution in [0.5, 0.6) is 11.5 Å². The van der Waals surface area contributed by atoms with Crippen LogP contribution in [0.25, 0.3) is 0 Å². The minimum absolute atomic E-state index is 0.0957. The summed E-state index contributed by atoms with van der Waals surface area (Å²) in [4.78, 5) is 17.5. The molecule has 7 nitrogen and oxygen atoms in total. The number of ether oxygens (including phenoxy) is 2. The first-order valence-electron chi connectivity index (χ1n) is 9.33. The van der Waals surface area contributed by atoms with E-state index in [1.807, 2.05) is 0 Å². The molecule has 2 aliphatic heterocycles. The number of benzene rings is 1. The number of nitrogens with zero attached hydrogens (tertiary/aromatic N) is 3. The number of aryl methyl sites for hydroxylation is 1. The average Bonchev–Trinajstić information content (AvgIpc) is 3.31. The van der Waals surface area contributed by atoms with Crippen molar-refractivity contribution < 1.29 is 14.3 Å². The second kappa shape index (κ2) is 7.62. The fourth-order valence-corrected chi connectivity index (χ4v) is 3.70. The number of piperazine rings is 1. The van der Waals surface area contributed by atoms with Crippen LogP contribution in [0.3, 0.4) is 0 Å². The van der Waals surface area contributed by atoms with E-state index in [-0.39, 0.29) is 18.7 Å². The van der Waals surface area contributed by atoms with E-state index in [2.05, 4.69) is 52.1 Å². The zero-order valence-electron chi connectivity index (χ0n) is 15.9. The topological polar surface area (TPSA) is 59.0 Å². The average molecular weight is 370 g/mol. The molecule has 0 bridgehead atoms. The Morgan fingerprint density at radius 3 is 2.63 bits per heavy atom. The number of amides is 1.